The number of fused-ring (bicyclic) bond motifs is 1. The Bertz CT molecular complexity index is 1240. The lowest BCUT2D eigenvalue weighted by Crippen LogP contribution is -2.36. The average molecular weight is 453 g/mol. The second kappa shape index (κ2) is 9.56. The summed E-state index contributed by atoms with van der Waals surface area (Å²) in [5, 5.41) is 3.11. The number of para-hydroxylation sites is 2. The van der Waals surface area contributed by atoms with E-state index in [-0.39, 0.29) is 23.6 Å². The Morgan fingerprint density at radius 1 is 1.03 bits per heavy atom. The van der Waals surface area contributed by atoms with E-state index in [0.717, 1.165) is 35.2 Å². The Morgan fingerprint density at radius 3 is 2.56 bits per heavy atom. The van der Waals surface area contributed by atoms with Gasteiger partial charge < -0.3 is 10.1 Å². The van der Waals surface area contributed by atoms with Crippen molar-refractivity contribution in [3.05, 3.63) is 101 Å². The first kappa shape index (κ1) is 22.0. The molecule has 2 aliphatic rings. The van der Waals surface area contributed by atoms with Crippen molar-refractivity contribution in [1.82, 2.24) is 5.32 Å². The minimum absolute atomic E-state index is 0.0469. The number of nitrogens with one attached hydrogen (secondary N) is 1. The van der Waals surface area contributed by atoms with E-state index in [2.05, 4.69) is 11.4 Å². The lowest BCUT2D eigenvalue weighted by atomic mass is 10.1. The molecule has 5 nitrogen and oxygen atoms in total. The zero-order valence-corrected chi connectivity index (χ0v) is 19.3. The van der Waals surface area contributed by atoms with Crippen molar-refractivity contribution in [3.8, 4) is 5.75 Å². The van der Waals surface area contributed by atoms with Crippen LogP contribution in [0.25, 0.3) is 6.08 Å². The third kappa shape index (κ3) is 4.74. The molecule has 0 radical (unpaired) electrons. The molecule has 1 saturated carbocycles. The first-order valence-electron chi connectivity index (χ1n) is 11.8. The molecule has 1 aliphatic carbocycles. The van der Waals surface area contributed by atoms with Crippen molar-refractivity contribution in [2.75, 3.05) is 4.90 Å². The van der Waals surface area contributed by atoms with Gasteiger partial charge in [-0.2, -0.15) is 0 Å². The minimum Gasteiger partial charge on any atom is -0.449 e. The van der Waals surface area contributed by atoms with Crippen molar-refractivity contribution < 1.29 is 14.3 Å². The van der Waals surface area contributed by atoms with Crippen LogP contribution in [0.4, 0.5) is 5.69 Å². The summed E-state index contributed by atoms with van der Waals surface area (Å²) in [6.45, 7) is 2.50. The van der Waals surface area contributed by atoms with Gasteiger partial charge in [-0.3, -0.25) is 14.5 Å². The van der Waals surface area contributed by atoms with E-state index >= 15 is 0 Å². The van der Waals surface area contributed by atoms with Gasteiger partial charge in [-0.25, -0.2) is 0 Å². The van der Waals surface area contributed by atoms with Crippen LogP contribution in [0.15, 0.2) is 78.6 Å². The number of rotatable bonds is 5. The van der Waals surface area contributed by atoms with Crippen molar-refractivity contribution in [3.63, 3.8) is 0 Å². The lowest BCUT2D eigenvalue weighted by Gasteiger charge is -2.30. The largest absolute Gasteiger partial charge is 0.449 e. The normalized spacial score (nSPS) is 16.9. The van der Waals surface area contributed by atoms with E-state index in [1.54, 1.807) is 23.1 Å². The van der Waals surface area contributed by atoms with Gasteiger partial charge in [-0.1, -0.05) is 66.9 Å². The zero-order chi connectivity index (χ0) is 23.5. The number of nitrogens with zero attached hydrogens (tertiary/aromatic N) is 1. The summed E-state index contributed by atoms with van der Waals surface area (Å²) < 4.78 is 6.00. The summed E-state index contributed by atoms with van der Waals surface area (Å²) in [5.41, 5.74) is 4.39. The van der Waals surface area contributed by atoms with E-state index in [4.69, 9.17) is 4.74 Å². The fraction of sp³-hybridized carbons (Fsp3) is 0.241. The average Bonchev–Trinajstić information content (AvgIpc) is 3.35. The fourth-order valence-corrected chi connectivity index (χ4v) is 4.63. The molecule has 0 saturated heterocycles. The molecule has 1 N–H and O–H groups in total. The number of anilines is 1. The van der Waals surface area contributed by atoms with Gasteiger partial charge in [0.25, 0.3) is 11.8 Å². The van der Waals surface area contributed by atoms with Gasteiger partial charge >= 0.3 is 0 Å². The Hall–Kier alpha value is -3.86. The maximum Gasteiger partial charge on any atom is 0.294 e. The van der Waals surface area contributed by atoms with Crippen LogP contribution in [-0.4, -0.2) is 17.9 Å². The number of benzene rings is 3. The van der Waals surface area contributed by atoms with Crippen molar-refractivity contribution in [2.24, 2.45) is 0 Å². The molecule has 0 spiro atoms. The first-order valence-corrected chi connectivity index (χ1v) is 11.8. The second-order valence-corrected chi connectivity index (χ2v) is 9.04. The summed E-state index contributed by atoms with van der Waals surface area (Å²) in [6.07, 6.45) is 6.19. The molecule has 0 unspecified atom stereocenters. The van der Waals surface area contributed by atoms with Crippen molar-refractivity contribution >= 4 is 23.6 Å². The van der Waals surface area contributed by atoms with E-state index in [1.807, 2.05) is 61.5 Å². The number of ether oxygens (including phenoxy) is 1. The molecule has 2 amide bonds. The highest BCUT2D eigenvalue weighted by atomic mass is 16.5. The Kier molecular flexibility index (Phi) is 6.17. The molecular formula is C29H28N2O3. The van der Waals surface area contributed by atoms with E-state index < -0.39 is 0 Å². The Morgan fingerprint density at radius 2 is 1.79 bits per heavy atom. The second-order valence-electron chi connectivity index (χ2n) is 9.04. The predicted octanol–water partition coefficient (Wildman–Crippen LogP) is 5.63. The van der Waals surface area contributed by atoms with Crippen LogP contribution in [0.5, 0.6) is 5.75 Å². The quantitative estimate of drug-likeness (QED) is 0.510. The van der Waals surface area contributed by atoms with Gasteiger partial charge in [0.15, 0.2) is 11.5 Å². The summed E-state index contributed by atoms with van der Waals surface area (Å²) in [6, 6.07) is 23.3. The van der Waals surface area contributed by atoms with E-state index in [0.29, 0.717) is 17.9 Å². The van der Waals surface area contributed by atoms with Gasteiger partial charge in [0.2, 0.25) is 0 Å². The molecule has 0 atom stereocenters. The smallest absolute Gasteiger partial charge is 0.294 e. The number of carbonyl (C=O) groups excluding carboxylic acids is 2. The molecule has 3 aromatic rings. The van der Waals surface area contributed by atoms with Gasteiger partial charge in [-0.05, 0) is 61.2 Å². The number of amides is 2. The molecule has 0 aromatic heterocycles. The van der Waals surface area contributed by atoms with Crippen LogP contribution in [0, 0.1) is 6.92 Å². The molecule has 1 fully saturated rings. The molecule has 5 heteroatoms. The Labute approximate surface area is 200 Å². The van der Waals surface area contributed by atoms with Gasteiger partial charge in [-0.15, -0.1) is 0 Å². The van der Waals surface area contributed by atoms with Gasteiger partial charge in [0.05, 0.1) is 12.2 Å². The molecule has 0 bridgehead atoms. The highest BCUT2D eigenvalue weighted by Crippen LogP contribution is 2.36. The molecule has 172 valence electrons. The van der Waals surface area contributed by atoms with E-state index in [1.165, 1.54) is 12.8 Å². The van der Waals surface area contributed by atoms with Crippen LogP contribution in [-0.2, 0) is 11.3 Å². The maximum atomic E-state index is 13.4. The van der Waals surface area contributed by atoms with Crippen LogP contribution in [0.3, 0.4) is 0 Å². The third-order valence-corrected chi connectivity index (χ3v) is 6.42. The molecule has 5 rings (SSSR count). The predicted molar refractivity (Wildman–Crippen MR) is 134 cm³/mol. The topological polar surface area (TPSA) is 58.6 Å². The van der Waals surface area contributed by atoms with Crippen LogP contribution in [0.2, 0.25) is 0 Å². The monoisotopic (exact) mass is 452 g/mol. The molecule has 3 aromatic carbocycles. The highest BCUT2D eigenvalue weighted by molar-refractivity contribution is 6.09. The number of carbonyl (C=O) groups is 2. The number of aryl methyl sites for hydroxylation is 1. The number of hydrogen-bond acceptors (Lipinski definition) is 3. The van der Waals surface area contributed by atoms with Crippen LogP contribution in [0.1, 0.15) is 52.7 Å². The molecule has 34 heavy (non-hydrogen) atoms. The summed E-state index contributed by atoms with van der Waals surface area (Å²) in [7, 11) is 0. The van der Waals surface area contributed by atoms with E-state index in [9.17, 15) is 9.59 Å². The lowest BCUT2D eigenvalue weighted by molar-refractivity contribution is -0.117. The molecular weight excluding hydrogens is 424 g/mol. The third-order valence-electron chi connectivity index (χ3n) is 6.42. The summed E-state index contributed by atoms with van der Waals surface area (Å²) in [5.74, 6) is 0.667. The van der Waals surface area contributed by atoms with Crippen LogP contribution < -0.4 is 15.0 Å². The molecule has 1 aliphatic heterocycles. The number of hydrogen-bond donors (Lipinski definition) is 1. The molecule has 1 heterocycles. The SMILES string of the molecule is Cc1cccc(CN2C(=O)/C(=C\c3ccc(C(=O)NC4CCCC4)cc3)Oc3ccccc32)c1. The van der Waals surface area contributed by atoms with Crippen molar-refractivity contribution in [1.29, 1.82) is 0 Å². The highest BCUT2D eigenvalue weighted by Gasteiger charge is 2.30. The fourth-order valence-electron chi connectivity index (χ4n) is 4.63. The van der Waals surface area contributed by atoms with Gasteiger partial charge in [0, 0.05) is 11.6 Å². The summed E-state index contributed by atoms with van der Waals surface area (Å²) in [4.78, 5) is 27.7. The van der Waals surface area contributed by atoms with Crippen molar-refractivity contribution in [2.45, 2.75) is 45.2 Å². The van der Waals surface area contributed by atoms with Gasteiger partial charge in [0.1, 0.15) is 0 Å². The maximum absolute atomic E-state index is 13.4. The first-order chi connectivity index (χ1) is 16.6. The summed E-state index contributed by atoms with van der Waals surface area (Å²) >= 11 is 0. The standard InChI is InChI=1S/C29H28N2O3/c1-20-7-6-8-22(17-20)19-31-25-11-4-5-12-26(25)34-27(29(31)33)18-21-13-15-23(16-14-21)28(32)30-24-9-2-3-10-24/h4-8,11-18,24H,2-3,9-10,19H2,1H3,(H,30,32)/b27-18+. The Balaban J connectivity index is 1.38. The minimum atomic E-state index is -0.191. The zero-order valence-electron chi connectivity index (χ0n) is 19.3. The van der Waals surface area contributed by atoms with Crippen LogP contribution >= 0.6 is 0 Å².